The summed E-state index contributed by atoms with van der Waals surface area (Å²) in [5.74, 6) is -0.562. The van der Waals surface area contributed by atoms with Crippen LogP contribution < -0.4 is 20.9 Å². The zero-order valence-corrected chi connectivity index (χ0v) is 25.4. The van der Waals surface area contributed by atoms with Gasteiger partial charge >= 0.3 is 0 Å². The first-order valence-corrected chi connectivity index (χ1v) is 14.5. The molecule has 3 N–H and O–H groups in total. The molecule has 0 aromatic heterocycles. The van der Waals surface area contributed by atoms with Crippen LogP contribution in [0.3, 0.4) is 0 Å². The van der Waals surface area contributed by atoms with E-state index in [1.54, 1.807) is 17.9 Å². The lowest BCUT2D eigenvalue weighted by Crippen LogP contribution is -2.43. The first-order valence-electron chi connectivity index (χ1n) is 14.1. The summed E-state index contributed by atoms with van der Waals surface area (Å²) in [5, 5.41) is 12.8. The minimum atomic E-state index is -0.296. The molecule has 0 radical (unpaired) electrons. The van der Waals surface area contributed by atoms with E-state index in [0.717, 1.165) is 16.9 Å². The minimum Gasteiger partial charge on any atom is -0.386 e. The topological polar surface area (TPSA) is 140 Å². The fourth-order valence-electron chi connectivity index (χ4n) is 4.67. The summed E-state index contributed by atoms with van der Waals surface area (Å²) < 4.78 is 16.4. The Balaban J connectivity index is 1.37. The van der Waals surface area contributed by atoms with Gasteiger partial charge in [0, 0.05) is 54.7 Å². The van der Waals surface area contributed by atoms with Crippen LogP contribution in [0.2, 0.25) is 5.02 Å². The Morgan fingerprint density at radius 2 is 1.58 bits per heavy atom. The van der Waals surface area contributed by atoms with Gasteiger partial charge in [0.1, 0.15) is 0 Å². The number of nitrogens with zero attached hydrogens (tertiary/aromatic N) is 2. The van der Waals surface area contributed by atoms with Crippen molar-refractivity contribution in [3.8, 4) is 0 Å². The smallest absolute Gasteiger partial charge is 0.260 e. The lowest BCUT2D eigenvalue weighted by molar-refractivity contribution is -0.125. The molecule has 3 rings (SSSR count). The lowest BCUT2D eigenvalue weighted by Gasteiger charge is -2.39. The van der Waals surface area contributed by atoms with Gasteiger partial charge in [-0.25, -0.2) is 0 Å². The molecule has 13 heteroatoms. The van der Waals surface area contributed by atoms with Crippen LogP contribution in [-0.2, 0) is 28.6 Å². The number of fused-ring (bicyclic) bond motifs is 1. The van der Waals surface area contributed by atoms with Crippen LogP contribution in [0.15, 0.2) is 47.6 Å². The van der Waals surface area contributed by atoms with Crippen molar-refractivity contribution < 1.29 is 33.4 Å². The number of carbonyl (C=O) groups is 3. The number of ether oxygens (including phenoxy) is 3. The largest absolute Gasteiger partial charge is 0.386 e. The number of carbonyl (C=O) groups excluding carboxylic acids is 3. The van der Waals surface area contributed by atoms with Crippen LogP contribution in [0.4, 0.5) is 11.4 Å². The Kier molecular flexibility index (Phi) is 14.2. The normalized spacial score (nSPS) is 15.7. The van der Waals surface area contributed by atoms with Crippen molar-refractivity contribution >= 4 is 47.4 Å². The number of hydrogen-bond donors (Lipinski definition) is 3. The van der Waals surface area contributed by atoms with Gasteiger partial charge in [0.2, 0.25) is 5.91 Å². The third-order valence-electron chi connectivity index (χ3n) is 6.60. The number of nitrogens with one attached hydrogen (secondary N) is 3. The Bertz CT molecular complexity index is 1210. The van der Waals surface area contributed by atoms with E-state index in [1.165, 1.54) is 0 Å². The molecule has 2 aromatic rings. The Morgan fingerprint density at radius 3 is 2.21 bits per heavy atom. The Morgan fingerprint density at radius 1 is 0.953 bits per heavy atom. The number of hydrogen-bond acceptors (Lipinski definition) is 9. The van der Waals surface area contributed by atoms with E-state index < -0.39 is 0 Å². The van der Waals surface area contributed by atoms with Gasteiger partial charge in [-0.1, -0.05) is 11.6 Å². The first-order chi connectivity index (χ1) is 20.8. The molecule has 234 valence electrons. The van der Waals surface area contributed by atoms with E-state index in [4.69, 9.17) is 25.8 Å². The van der Waals surface area contributed by atoms with Crippen molar-refractivity contribution in [1.29, 1.82) is 0 Å². The van der Waals surface area contributed by atoms with Crippen LogP contribution in [0.25, 0.3) is 0 Å². The maximum Gasteiger partial charge on any atom is 0.260 e. The summed E-state index contributed by atoms with van der Waals surface area (Å²) in [6.07, 6.45) is 0.685. The molecule has 0 unspecified atom stereocenters. The highest BCUT2D eigenvalue weighted by Gasteiger charge is 2.33. The van der Waals surface area contributed by atoms with Gasteiger partial charge in [-0.05, 0) is 61.4 Å². The monoisotopic (exact) mass is 617 g/mol. The van der Waals surface area contributed by atoms with Crippen molar-refractivity contribution in [2.75, 3.05) is 69.6 Å². The molecule has 3 amide bonds. The van der Waals surface area contributed by atoms with Gasteiger partial charge in [-0.2, -0.15) is 0 Å². The minimum absolute atomic E-state index is 0.0103. The third kappa shape index (κ3) is 11.1. The summed E-state index contributed by atoms with van der Waals surface area (Å²) in [4.78, 5) is 43.0. The second kappa shape index (κ2) is 18.1. The van der Waals surface area contributed by atoms with Crippen molar-refractivity contribution in [3.63, 3.8) is 0 Å². The highest BCUT2D eigenvalue weighted by atomic mass is 35.5. The molecular formula is C30H40ClN5O7. The van der Waals surface area contributed by atoms with E-state index in [-0.39, 0.29) is 36.4 Å². The van der Waals surface area contributed by atoms with Crippen LogP contribution >= 0.6 is 11.6 Å². The van der Waals surface area contributed by atoms with E-state index in [2.05, 4.69) is 32.7 Å². The molecule has 0 bridgehead atoms. The molecule has 1 aliphatic heterocycles. The summed E-state index contributed by atoms with van der Waals surface area (Å²) in [6, 6.07) is 12.8. The van der Waals surface area contributed by atoms with Crippen LogP contribution in [-0.4, -0.2) is 89.8 Å². The molecule has 0 fully saturated rings. The van der Waals surface area contributed by atoms with Gasteiger partial charge in [0.15, 0.2) is 6.61 Å². The Hall–Kier alpha value is -3.71. The Labute approximate surface area is 257 Å². The molecule has 43 heavy (non-hydrogen) atoms. The average molecular weight is 618 g/mol. The van der Waals surface area contributed by atoms with E-state index in [0.29, 0.717) is 69.7 Å². The number of halogens is 1. The quantitative estimate of drug-likeness (QED) is 0.132. The first kappa shape index (κ1) is 33.8. The van der Waals surface area contributed by atoms with Crippen molar-refractivity contribution in [2.45, 2.75) is 32.4 Å². The lowest BCUT2D eigenvalue weighted by atomic mass is 9.90. The van der Waals surface area contributed by atoms with Crippen LogP contribution in [0.5, 0.6) is 0 Å². The molecule has 0 saturated carbocycles. The predicted octanol–water partition coefficient (Wildman–Crippen LogP) is 3.17. The van der Waals surface area contributed by atoms with Crippen LogP contribution in [0.1, 0.15) is 42.2 Å². The van der Waals surface area contributed by atoms with E-state index in [9.17, 15) is 14.4 Å². The number of benzene rings is 2. The fourth-order valence-corrected chi connectivity index (χ4v) is 4.79. The standard InChI is InChI=1S/C30H40ClN5O7/c1-21-18-27(35-25-7-5-24(31)6-8-25)26-19-23(4-9-28(26)36(21)22(2)37)30(39)34-11-13-41-15-17-42-16-14-40-12-10-33-29(38)20-43-32-3/h4-9,19,21,27,35H,3,10-18,20H2,1-2H3,(H,33,38)(H,34,39)/t21-,27+/m0/s1. The number of amides is 3. The number of rotatable bonds is 18. The highest BCUT2D eigenvalue weighted by Crippen LogP contribution is 2.39. The molecule has 1 heterocycles. The molecule has 0 saturated heterocycles. The number of oxime groups is 1. The predicted molar refractivity (Wildman–Crippen MR) is 165 cm³/mol. The molecule has 2 aromatic carbocycles. The SMILES string of the molecule is C=NOCC(=O)NCCOCCOCCOCCNC(=O)c1ccc2c(c1)[C@H](Nc1ccc(Cl)cc1)C[C@H](C)N2C(C)=O. The second-order valence-electron chi connectivity index (χ2n) is 9.80. The summed E-state index contributed by atoms with van der Waals surface area (Å²) >= 11 is 6.04. The van der Waals surface area contributed by atoms with Crippen molar-refractivity contribution in [1.82, 2.24) is 10.6 Å². The maximum atomic E-state index is 12.9. The van der Waals surface area contributed by atoms with Gasteiger partial charge in [0.05, 0.1) is 45.7 Å². The second-order valence-corrected chi connectivity index (χ2v) is 10.2. The van der Waals surface area contributed by atoms with Gasteiger partial charge in [-0.3, -0.25) is 14.4 Å². The fraction of sp³-hybridized carbons (Fsp3) is 0.467. The van der Waals surface area contributed by atoms with E-state index in [1.807, 2.05) is 43.3 Å². The van der Waals surface area contributed by atoms with Gasteiger partial charge in [-0.15, -0.1) is 5.16 Å². The van der Waals surface area contributed by atoms with Crippen LogP contribution in [0, 0.1) is 0 Å². The average Bonchev–Trinajstić information content (AvgIpc) is 2.99. The van der Waals surface area contributed by atoms with Gasteiger partial charge in [0.25, 0.3) is 11.8 Å². The molecular weight excluding hydrogens is 578 g/mol. The zero-order valence-electron chi connectivity index (χ0n) is 24.6. The number of anilines is 2. The molecule has 0 spiro atoms. The summed E-state index contributed by atoms with van der Waals surface area (Å²) in [6.45, 7) is 9.44. The summed E-state index contributed by atoms with van der Waals surface area (Å²) in [5.41, 5.74) is 3.09. The maximum absolute atomic E-state index is 12.9. The van der Waals surface area contributed by atoms with Crippen molar-refractivity contribution in [2.24, 2.45) is 5.16 Å². The third-order valence-corrected chi connectivity index (χ3v) is 6.85. The highest BCUT2D eigenvalue weighted by molar-refractivity contribution is 6.30. The molecule has 0 aliphatic carbocycles. The van der Waals surface area contributed by atoms with Gasteiger partial charge < -0.3 is 39.9 Å². The molecule has 1 aliphatic rings. The van der Waals surface area contributed by atoms with E-state index >= 15 is 0 Å². The molecule has 12 nitrogen and oxygen atoms in total. The summed E-state index contributed by atoms with van der Waals surface area (Å²) in [7, 11) is 0. The van der Waals surface area contributed by atoms with Crippen molar-refractivity contribution in [3.05, 3.63) is 58.6 Å². The molecule has 2 atom stereocenters. The zero-order chi connectivity index (χ0) is 31.0.